The molecule has 0 amide bonds. The van der Waals surface area contributed by atoms with Gasteiger partial charge in [-0.25, -0.2) is 0 Å². The second-order valence-corrected chi connectivity index (χ2v) is 5.14. The Hall–Kier alpha value is -2.37. The molecule has 1 heterocycles. The molecule has 0 saturated carbocycles. The lowest BCUT2D eigenvalue weighted by atomic mass is 9.97. The van der Waals surface area contributed by atoms with Crippen LogP contribution in [0.4, 0.5) is 24.5 Å². The minimum Gasteiger partial charge on any atom is -0.497 e. The topological polar surface area (TPSA) is 24.5 Å². The maximum Gasteiger partial charge on any atom is 0.435 e. The summed E-state index contributed by atoms with van der Waals surface area (Å²) < 4.78 is 46.9. The van der Waals surface area contributed by atoms with E-state index in [2.05, 4.69) is 5.32 Å². The molecule has 1 aliphatic heterocycles. The van der Waals surface area contributed by atoms with Crippen molar-refractivity contribution in [2.45, 2.75) is 11.8 Å². The maximum absolute atomic E-state index is 14.0. The number of anilines is 2. The van der Waals surface area contributed by atoms with E-state index < -0.39 is 11.8 Å². The first kappa shape index (κ1) is 14.6. The second-order valence-electron chi connectivity index (χ2n) is 5.14. The van der Waals surface area contributed by atoms with Crippen LogP contribution in [0.1, 0.15) is 5.56 Å². The Morgan fingerprint density at radius 1 is 1.05 bits per heavy atom. The number of nitrogens with zero attached hydrogens (tertiary/aromatic N) is 1. The van der Waals surface area contributed by atoms with Crippen LogP contribution in [0.25, 0.3) is 0 Å². The summed E-state index contributed by atoms with van der Waals surface area (Å²) in [5.41, 5.74) is -1.21. The highest BCUT2D eigenvalue weighted by atomic mass is 19.4. The maximum atomic E-state index is 14.0. The molecule has 1 atom stereocenters. The summed E-state index contributed by atoms with van der Waals surface area (Å²) in [4.78, 5) is 1.23. The number of nitrogens with one attached hydrogen (secondary N) is 1. The van der Waals surface area contributed by atoms with Gasteiger partial charge < -0.3 is 15.0 Å². The summed E-state index contributed by atoms with van der Waals surface area (Å²) in [5, 5.41) is 2.65. The van der Waals surface area contributed by atoms with Gasteiger partial charge >= 0.3 is 6.18 Å². The Balaban J connectivity index is 2.16. The molecule has 2 aromatic carbocycles. The molecule has 0 aromatic heterocycles. The van der Waals surface area contributed by atoms with Gasteiger partial charge in [0.2, 0.25) is 5.66 Å². The molecule has 1 N–H and O–H groups in total. The van der Waals surface area contributed by atoms with Gasteiger partial charge in [-0.2, -0.15) is 13.2 Å². The van der Waals surface area contributed by atoms with E-state index >= 15 is 0 Å². The largest absolute Gasteiger partial charge is 0.497 e. The van der Waals surface area contributed by atoms with Crippen LogP contribution in [-0.2, 0) is 5.66 Å². The first-order valence-electron chi connectivity index (χ1n) is 6.72. The number of rotatable bonds is 2. The third-order valence-electron chi connectivity index (χ3n) is 4.00. The van der Waals surface area contributed by atoms with Gasteiger partial charge in [0.25, 0.3) is 0 Å². The zero-order chi connectivity index (χ0) is 16.0. The molecule has 3 rings (SSSR count). The number of hydrogen-bond acceptors (Lipinski definition) is 3. The summed E-state index contributed by atoms with van der Waals surface area (Å²) in [6.07, 6.45) is -4.50. The molecule has 0 spiro atoms. The second kappa shape index (κ2) is 4.83. The molecule has 0 fully saturated rings. The molecule has 2 aromatic rings. The molecular formula is C16H15F3N2O. The molecule has 1 unspecified atom stereocenters. The van der Waals surface area contributed by atoms with Gasteiger partial charge in [-0.1, -0.05) is 24.3 Å². The molecule has 0 saturated heterocycles. The van der Waals surface area contributed by atoms with Crippen molar-refractivity contribution in [3.63, 3.8) is 0 Å². The van der Waals surface area contributed by atoms with Gasteiger partial charge in [-0.05, 0) is 24.3 Å². The predicted octanol–water partition coefficient (Wildman–Crippen LogP) is 3.97. The fourth-order valence-electron chi connectivity index (χ4n) is 2.85. The van der Waals surface area contributed by atoms with Crippen LogP contribution in [-0.4, -0.2) is 20.3 Å². The van der Waals surface area contributed by atoms with E-state index in [1.807, 2.05) is 0 Å². The lowest BCUT2D eigenvalue weighted by molar-refractivity contribution is -0.179. The van der Waals surface area contributed by atoms with Crippen LogP contribution in [0.3, 0.4) is 0 Å². The summed E-state index contributed by atoms with van der Waals surface area (Å²) >= 11 is 0. The van der Waals surface area contributed by atoms with E-state index in [1.54, 1.807) is 24.3 Å². The third-order valence-corrected chi connectivity index (χ3v) is 4.00. The molecule has 0 bridgehead atoms. The molecule has 1 aliphatic rings. The van der Waals surface area contributed by atoms with Crippen molar-refractivity contribution in [3.05, 3.63) is 54.1 Å². The van der Waals surface area contributed by atoms with Gasteiger partial charge in [0.1, 0.15) is 5.75 Å². The number of ether oxygens (including phenoxy) is 1. The van der Waals surface area contributed by atoms with Gasteiger partial charge in [-0.3, -0.25) is 0 Å². The van der Waals surface area contributed by atoms with Crippen molar-refractivity contribution >= 4 is 11.4 Å². The van der Waals surface area contributed by atoms with E-state index in [4.69, 9.17) is 4.74 Å². The van der Waals surface area contributed by atoms with Gasteiger partial charge in [0, 0.05) is 12.6 Å². The SMILES string of the molecule is COc1ccc(C2(C(F)(F)F)Nc3ccccc3N2C)cc1. The Labute approximate surface area is 126 Å². The average Bonchev–Trinajstić information content (AvgIpc) is 2.82. The Morgan fingerprint density at radius 2 is 1.68 bits per heavy atom. The monoisotopic (exact) mass is 308 g/mol. The molecule has 116 valence electrons. The smallest absolute Gasteiger partial charge is 0.435 e. The van der Waals surface area contributed by atoms with E-state index in [0.717, 1.165) is 0 Å². The lowest BCUT2D eigenvalue weighted by Gasteiger charge is -2.39. The van der Waals surface area contributed by atoms with Crippen molar-refractivity contribution in [3.8, 4) is 5.75 Å². The van der Waals surface area contributed by atoms with Crippen molar-refractivity contribution in [1.29, 1.82) is 0 Å². The number of methoxy groups -OCH3 is 1. The van der Waals surface area contributed by atoms with E-state index in [-0.39, 0.29) is 5.56 Å². The number of halogens is 3. The summed E-state index contributed by atoms with van der Waals surface area (Å²) in [6.45, 7) is 0. The van der Waals surface area contributed by atoms with Crippen LogP contribution in [0.2, 0.25) is 0 Å². The number of fused-ring (bicyclic) bond motifs is 1. The number of alkyl halides is 3. The summed E-state index contributed by atoms with van der Waals surface area (Å²) in [6, 6.07) is 12.7. The molecule has 22 heavy (non-hydrogen) atoms. The number of benzene rings is 2. The third kappa shape index (κ3) is 1.90. The van der Waals surface area contributed by atoms with Crippen molar-refractivity contribution < 1.29 is 17.9 Å². The van der Waals surface area contributed by atoms with E-state index in [9.17, 15) is 13.2 Å². The minimum absolute atomic E-state index is 0.111. The first-order chi connectivity index (χ1) is 10.4. The highest BCUT2D eigenvalue weighted by molar-refractivity contribution is 5.79. The normalized spacial score (nSPS) is 20.5. The average molecular weight is 308 g/mol. The molecule has 6 heteroatoms. The Kier molecular flexibility index (Phi) is 3.20. The van der Waals surface area contributed by atoms with Gasteiger partial charge in [0.05, 0.1) is 18.5 Å². The van der Waals surface area contributed by atoms with Gasteiger partial charge in [-0.15, -0.1) is 0 Å². The molecule has 3 nitrogen and oxygen atoms in total. The van der Waals surface area contributed by atoms with Crippen molar-refractivity contribution in [2.75, 3.05) is 24.4 Å². The fraction of sp³-hybridized carbons (Fsp3) is 0.250. The summed E-state index contributed by atoms with van der Waals surface area (Å²) in [7, 11) is 2.92. The van der Waals surface area contributed by atoms with Crippen LogP contribution in [0.15, 0.2) is 48.5 Å². The number of hydrogen-bond donors (Lipinski definition) is 1. The molecule has 0 aliphatic carbocycles. The van der Waals surface area contributed by atoms with Crippen molar-refractivity contribution in [1.82, 2.24) is 0 Å². The quantitative estimate of drug-likeness (QED) is 0.908. The zero-order valence-electron chi connectivity index (χ0n) is 12.1. The molecule has 0 radical (unpaired) electrons. The highest BCUT2D eigenvalue weighted by Crippen LogP contribution is 2.52. The molecular weight excluding hydrogens is 293 g/mol. The Bertz CT molecular complexity index is 685. The van der Waals surface area contributed by atoms with Crippen LogP contribution >= 0.6 is 0 Å². The van der Waals surface area contributed by atoms with Crippen LogP contribution < -0.4 is 15.0 Å². The number of para-hydroxylation sites is 2. The van der Waals surface area contributed by atoms with Gasteiger partial charge in [0.15, 0.2) is 0 Å². The predicted molar refractivity (Wildman–Crippen MR) is 79.2 cm³/mol. The standard InChI is InChI=1S/C16H15F3N2O/c1-21-14-6-4-3-5-13(14)20-15(21,16(17,18)19)11-7-9-12(22-2)10-8-11/h3-10,20H,1-2H3. The highest BCUT2D eigenvalue weighted by Gasteiger charge is 2.62. The Morgan fingerprint density at radius 3 is 2.23 bits per heavy atom. The van der Waals surface area contributed by atoms with E-state index in [0.29, 0.717) is 17.1 Å². The lowest BCUT2D eigenvalue weighted by Crippen LogP contribution is -2.57. The van der Waals surface area contributed by atoms with E-state index in [1.165, 1.54) is 43.3 Å². The zero-order valence-corrected chi connectivity index (χ0v) is 12.1. The summed E-state index contributed by atoms with van der Waals surface area (Å²) in [5.74, 6) is 0.513. The van der Waals surface area contributed by atoms with Crippen LogP contribution in [0, 0.1) is 0 Å². The first-order valence-corrected chi connectivity index (χ1v) is 6.72. The van der Waals surface area contributed by atoms with Crippen LogP contribution in [0.5, 0.6) is 5.75 Å². The van der Waals surface area contributed by atoms with Crippen molar-refractivity contribution in [2.24, 2.45) is 0 Å². The minimum atomic E-state index is -4.50. The fourth-order valence-corrected chi connectivity index (χ4v) is 2.85.